The fraction of sp³-hybridized carbons (Fsp3) is 0.250. The fourth-order valence-corrected chi connectivity index (χ4v) is 2.62. The average Bonchev–Trinajstić information content (AvgIpc) is 2.57. The van der Waals surface area contributed by atoms with Crippen LogP contribution in [0.4, 0.5) is 18.9 Å². The van der Waals surface area contributed by atoms with Crippen molar-refractivity contribution in [2.75, 3.05) is 13.1 Å². The zero-order valence-electron chi connectivity index (χ0n) is 13.4. The maximum Gasteiger partial charge on any atom is 0.417 e. The second-order valence-corrected chi connectivity index (χ2v) is 6.16. The first-order valence-corrected chi connectivity index (χ1v) is 7.96. The molecule has 7 nitrogen and oxygen atoms in total. The molecular formula is C16H11ClF3N3O4. The van der Waals surface area contributed by atoms with Crippen molar-refractivity contribution in [3.63, 3.8) is 0 Å². The molecule has 0 N–H and O–H groups in total. The van der Waals surface area contributed by atoms with Crippen LogP contribution in [0.15, 0.2) is 36.5 Å². The van der Waals surface area contributed by atoms with Crippen molar-refractivity contribution in [1.82, 2.24) is 9.88 Å². The minimum Gasteiger partial charge on any atom is -0.471 e. The number of nitro benzene ring substituents is 1. The lowest BCUT2D eigenvalue weighted by Crippen LogP contribution is -2.56. The zero-order valence-corrected chi connectivity index (χ0v) is 14.2. The van der Waals surface area contributed by atoms with E-state index in [1.807, 2.05) is 0 Å². The van der Waals surface area contributed by atoms with Crippen molar-refractivity contribution in [2.45, 2.75) is 12.3 Å². The topological polar surface area (TPSA) is 85.6 Å². The van der Waals surface area contributed by atoms with Gasteiger partial charge in [0.25, 0.3) is 11.6 Å². The van der Waals surface area contributed by atoms with Crippen molar-refractivity contribution in [3.8, 4) is 5.88 Å². The molecule has 1 aliphatic rings. The van der Waals surface area contributed by atoms with Gasteiger partial charge in [0, 0.05) is 23.9 Å². The molecule has 27 heavy (non-hydrogen) atoms. The van der Waals surface area contributed by atoms with E-state index in [0.717, 1.165) is 18.2 Å². The third-order valence-electron chi connectivity index (χ3n) is 3.88. The molecule has 1 aromatic heterocycles. The number of nitro groups is 1. The van der Waals surface area contributed by atoms with E-state index in [0.29, 0.717) is 6.20 Å². The van der Waals surface area contributed by atoms with E-state index >= 15 is 0 Å². The number of alkyl halides is 3. The van der Waals surface area contributed by atoms with E-state index in [9.17, 15) is 28.1 Å². The molecule has 0 unspecified atom stereocenters. The molecule has 3 rings (SSSR count). The number of hydrogen-bond donors (Lipinski definition) is 0. The highest BCUT2D eigenvalue weighted by Gasteiger charge is 2.34. The Morgan fingerprint density at radius 3 is 2.56 bits per heavy atom. The van der Waals surface area contributed by atoms with Crippen molar-refractivity contribution >= 4 is 23.2 Å². The molecule has 2 heterocycles. The summed E-state index contributed by atoms with van der Waals surface area (Å²) in [6.07, 6.45) is -4.24. The summed E-state index contributed by atoms with van der Waals surface area (Å²) in [7, 11) is 0. The standard InChI is InChI=1S/C16H11ClF3N3O4/c17-12-3-1-9(5-13(12)23(25)26)15(24)22-7-11(8-22)27-14-4-2-10(6-21-14)16(18,19)20/h1-6,11H,7-8H2. The predicted molar refractivity (Wildman–Crippen MR) is 87.7 cm³/mol. The van der Waals surface area contributed by atoms with Gasteiger partial charge in [-0.15, -0.1) is 0 Å². The average molecular weight is 402 g/mol. The van der Waals surface area contributed by atoms with E-state index in [1.165, 1.54) is 17.0 Å². The Morgan fingerprint density at radius 1 is 1.30 bits per heavy atom. The predicted octanol–water partition coefficient (Wildman–Crippen LogP) is 3.57. The molecule has 1 saturated heterocycles. The quantitative estimate of drug-likeness (QED) is 0.577. The number of rotatable bonds is 4. The Labute approximate surface area is 155 Å². The van der Waals surface area contributed by atoms with Crippen LogP contribution in [-0.4, -0.2) is 39.9 Å². The number of hydrogen-bond acceptors (Lipinski definition) is 5. The van der Waals surface area contributed by atoms with Crippen molar-refractivity contribution in [1.29, 1.82) is 0 Å². The minimum atomic E-state index is -4.48. The molecular weight excluding hydrogens is 391 g/mol. The Morgan fingerprint density at radius 2 is 2.00 bits per heavy atom. The Kier molecular flexibility index (Phi) is 4.92. The Balaban J connectivity index is 1.59. The first-order valence-electron chi connectivity index (χ1n) is 7.58. The largest absolute Gasteiger partial charge is 0.471 e. The molecule has 2 aromatic rings. The molecule has 0 bridgehead atoms. The van der Waals surface area contributed by atoms with Gasteiger partial charge in [-0.2, -0.15) is 13.2 Å². The summed E-state index contributed by atoms with van der Waals surface area (Å²) in [6, 6.07) is 5.71. The van der Waals surface area contributed by atoms with Crippen LogP contribution in [0.5, 0.6) is 5.88 Å². The van der Waals surface area contributed by atoms with Gasteiger partial charge in [-0.05, 0) is 18.2 Å². The van der Waals surface area contributed by atoms with Crippen LogP contribution in [0.2, 0.25) is 5.02 Å². The maximum absolute atomic E-state index is 12.5. The molecule has 1 fully saturated rings. The summed E-state index contributed by atoms with van der Waals surface area (Å²) < 4.78 is 42.9. The van der Waals surface area contributed by atoms with E-state index in [4.69, 9.17) is 16.3 Å². The number of likely N-dealkylation sites (tertiary alicyclic amines) is 1. The molecule has 0 saturated carbocycles. The van der Waals surface area contributed by atoms with Crippen LogP contribution in [0, 0.1) is 10.1 Å². The third kappa shape index (κ3) is 4.11. The Hall–Kier alpha value is -2.88. The highest BCUT2D eigenvalue weighted by Crippen LogP contribution is 2.30. The van der Waals surface area contributed by atoms with Crippen molar-refractivity contribution in [3.05, 3.63) is 62.8 Å². The van der Waals surface area contributed by atoms with Crippen LogP contribution in [0.1, 0.15) is 15.9 Å². The van der Waals surface area contributed by atoms with Crippen LogP contribution in [0.25, 0.3) is 0 Å². The van der Waals surface area contributed by atoms with Gasteiger partial charge in [-0.1, -0.05) is 11.6 Å². The molecule has 1 aliphatic heterocycles. The third-order valence-corrected chi connectivity index (χ3v) is 4.20. The normalized spacial score (nSPS) is 14.6. The summed E-state index contributed by atoms with van der Waals surface area (Å²) in [6.45, 7) is 0.357. The van der Waals surface area contributed by atoms with Gasteiger partial charge in [0.15, 0.2) is 0 Å². The lowest BCUT2D eigenvalue weighted by atomic mass is 10.1. The number of halogens is 4. The number of ether oxygens (including phenoxy) is 1. The summed E-state index contributed by atoms with van der Waals surface area (Å²) in [5, 5.41) is 10.8. The van der Waals surface area contributed by atoms with Crippen LogP contribution in [-0.2, 0) is 6.18 Å². The van der Waals surface area contributed by atoms with Gasteiger partial charge in [-0.3, -0.25) is 14.9 Å². The molecule has 0 aliphatic carbocycles. The second kappa shape index (κ2) is 7.03. The SMILES string of the molecule is O=C(c1ccc(Cl)c([N+](=O)[O-])c1)N1CC(Oc2ccc(C(F)(F)F)cn2)C1. The van der Waals surface area contributed by atoms with Crippen LogP contribution >= 0.6 is 11.6 Å². The van der Waals surface area contributed by atoms with Gasteiger partial charge < -0.3 is 9.64 Å². The lowest BCUT2D eigenvalue weighted by molar-refractivity contribution is -0.384. The summed E-state index contributed by atoms with van der Waals surface area (Å²) in [5.41, 5.74) is -1.15. The maximum atomic E-state index is 12.5. The summed E-state index contributed by atoms with van der Waals surface area (Å²) in [5.74, 6) is -0.419. The summed E-state index contributed by atoms with van der Waals surface area (Å²) >= 11 is 5.71. The van der Waals surface area contributed by atoms with Gasteiger partial charge in [0.2, 0.25) is 5.88 Å². The molecule has 1 aromatic carbocycles. The van der Waals surface area contributed by atoms with E-state index in [-0.39, 0.29) is 35.2 Å². The first kappa shape index (κ1) is 18.9. The van der Waals surface area contributed by atoms with Gasteiger partial charge in [0.05, 0.1) is 23.6 Å². The summed E-state index contributed by atoms with van der Waals surface area (Å²) in [4.78, 5) is 27.5. The van der Waals surface area contributed by atoms with E-state index in [1.54, 1.807) is 0 Å². The first-order chi connectivity index (χ1) is 12.6. The zero-order chi connectivity index (χ0) is 19.8. The molecule has 1 amide bonds. The number of amides is 1. The molecule has 0 spiro atoms. The minimum absolute atomic E-state index is 0.0160. The van der Waals surface area contributed by atoms with E-state index < -0.39 is 28.7 Å². The number of nitrogens with zero attached hydrogens (tertiary/aromatic N) is 3. The Bertz CT molecular complexity index is 883. The molecule has 11 heteroatoms. The number of carbonyl (C=O) groups excluding carboxylic acids is 1. The van der Waals surface area contributed by atoms with Crippen molar-refractivity contribution in [2.24, 2.45) is 0 Å². The number of benzene rings is 1. The molecule has 0 radical (unpaired) electrons. The van der Waals surface area contributed by atoms with E-state index in [2.05, 4.69) is 4.98 Å². The van der Waals surface area contributed by atoms with Gasteiger partial charge >= 0.3 is 6.18 Å². The monoisotopic (exact) mass is 401 g/mol. The highest BCUT2D eigenvalue weighted by molar-refractivity contribution is 6.32. The fourth-order valence-electron chi connectivity index (χ4n) is 2.44. The van der Waals surface area contributed by atoms with Crippen molar-refractivity contribution < 1.29 is 27.6 Å². The highest BCUT2D eigenvalue weighted by atomic mass is 35.5. The smallest absolute Gasteiger partial charge is 0.417 e. The van der Waals surface area contributed by atoms with Crippen LogP contribution < -0.4 is 4.74 Å². The number of aromatic nitrogens is 1. The second-order valence-electron chi connectivity index (χ2n) is 5.76. The van der Waals surface area contributed by atoms with Gasteiger partial charge in [-0.25, -0.2) is 4.98 Å². The number of pyridine rings is 1. The number of carbonyl (C=O) groups is 1. The molecule has 142 valence electrons. The van der Waals surface area contributed by atoms with Gasteiger partial charge in [0.1, 0.15) is 11.1 Å². The lowest BCUT2D eigenvalue weighted by Gasteiger charge is -2.38. The van der Waals surface area contributed by atoms with Crippen LogP contribution in [0.3, 0.4) is 0 Å². The molecule has 0 atom stereocenters.